The lowest BCUT2D eigenvalue weighted by Crippen LogP contribution is -2.39. The summed E-state index contributed by atoms with van der Waals surface area (Å²) in [6.07, 6.45) is 5.57. The Hall–Kier alpha value is -2.13. The summed E-state index contributed by atoms with van der Waals surface area (Å²) in [7, 11) is -2.45. The molecule has 1 aromatic carbocycles. The molecule has 1 aromatic rings. The normalized spacial score (nSPS) is 22.0. The van der Waals surface area contributed by atoms with Gasteiger partial charge in [0, 0.05) is 12.1 Å². The Labute approximate surface area is 171 Å². The monoisotopic (exact) mass is 424 g/mol. The van der Waals surface area contributed by atoms with Crippen molar-refractivity contribution in [2.75, 3.05) is 13.7 Å². The number of methoxy groups -OCH3 is 1. The van der Waals surface area contributed by atoms with Crippen molar-refractivity contribution < 1.29 is 27.5 Å². The van der Waals surface area contributed by atoms with Gasteiger partial charge in [0.05, 0.1) is 12.7 Å². The van der Waals surface area contributed by atoms with Crippen LogP contribution in [0.25, 0.3) is 0 Å². The molecule has 29 heavy (non-hydrogen) atoms. The molecule has 2 aliphatic carbocycles. The first-order chi connectivity index (χ1) is 13.8. The number of carbonyl (C=O) groups is 2. The summed E-state index contributed by atoms with van der Waals surface area (Å²) in [6, 6.07) is 4.07. The molecule has 0 aromatic heterocycles. The van der Waals surface area contributed by atoms with E-state index in [1.54, 1.807) is 0 Å². The van der Waals surface area contributed by atoms with Gasteiger partial charge in [-0.15, -0.1) is 0 Å². The number of amides is 1. The second-order valence-electron chi connectivity index (χ2n) is 7.86. The number of hydrogen-bond acceptors (Lipinski definition) is 6. The minimum absolute atomic E-state index is 0.0428. The van der Waals surface area contributed by atoms with Crippen molar-refractivity contribution in [2.45, 2.75) is 62.4 Å². The minimum atomic E-state index is -3.81. The maximum atomic E-state index is 12.5. The predicted octanol–water partition coefficient (Wildman–Crippen LogP) is 1.99. The molecule has 0 heterocycles. The van der Waals surface area contributed by atoms with E-state index in [9.17, 15) is 18.0 Å². The van der Waals surface area contributed by atoms with Gasteiger partial charge in [-0.3, -0.25) is 4.79 Å². The quantitative estimate of drug-likeness (QED) is 0.618. The zero-order valence-corrected chi connectivity index (χ0v) is 17.6. The van der Waals surface area contributed by atoms with Crippen LogP contribution in [0, 0.1) is 5.92 Å². The predicted molar refractivity (Wildman–Crippen MR) is 106 cm³/mol. The Morgan fingerprint density at radius 1 is 1.07 bits per heavy atom. The van der Waals surface area contributed by atoms with Gasteiger partial charge in [-0.2, -0.15) is 0 Å². The Kier molecular flexibility index (Phi) is 6.79. The highest BCUT2D eigenvalue weighted by Gasteiger charge is 2.30. The van der Waals surface area contributed by atoms with Crippen LogP contribution in [0.5, 0.6) is 5.75 Å². The number of ether oxygens (including phenoxy) is 2. The number of rotatable bonds is 8. The first-order valence-electron chi connectivity index (χ1n) is 9.95. The van der Waals surface area contributed by atoms with E-state index in [0.29, 0.717) is 5.92 Å². The summed E-state index contributed by atoms with van der Waals surface area (Å²) in [6.45, 7) is 1.79. The van der Waals surface area contributed by atoms with Gasteiger partial charge in [0.15, 0.2) is 6.61 Å². The average molecular weight is 425 g/mol. The fourth-order valence-corrected chi connectivity index (χ4v) is 4.89. The van der Waals surface area contributed by atoms with Crippen LogP contribution in [0.4, 0.5) is 0 Å². The van der Waals surface area contributed by atoms with Gasteiger partial charge in [-0.05, 0) is 62.6 Å². The fraction of sp³-hybridized carbons (Fsp3) is 0.600. The highest BCUT2D eigenvalue weighted by molar-refractivity contribution is 7.89. The third-order valence-corrected chi connectivity index (χ3v) is 6.85. The minimum Gasteiger partial charge on any atom is -0.495 e. The lowest BCUT2D eigenvalue weighted by Gasteiger charge is -2.26. The summed E-state index contributed by atoms with van der Waals surface area (Å²) in [4.78, 5) is 24.3. The first-order valence-corrected chi connectivity index (χ1v) is 11.4. The zero-order chi connectivity index (χ0) is 21.0. The molecule has 2 fully saturated rings. The van der Waals surface area contributed by atoms with Crippen LogP contribution in [0.15, 0.2) is 23.1 Å². The molecule has 2 saturated carbocycles. The molecule has 0 atom stereocenters. The smallest absolute Gasteiger partial charge is 0.338 e. The van der Waals surface area contributed by atoms with Crippen LogP contribution in [0.2, 0.25) is 0 Å². The largest absolute Gasteiger partial charge is 0.495 e. The van der Waals surface area contributed by atoms with Crippen molar-refractivity contribution in [3.05, 3.63) is 23.8 Å². The second kappa shape index (κ2) is 9.13. The molecular formula is C20H28N2O6S. The molecule has 0 aliphatic heterocycles. The Bertz CT molecular complexity index is 858. The molecule has 0 unspecified atom stereocenters. The van der Waals surface area contributed by atoms with Gasteiger partial charge in [0.1, 0.15) is 10.6 Å². The van der Waals surface area contributed by atoms with Gasteiger partial charge < -0.3 is 14.8 Å². The molecule has 0 spiro atoms. The van der Waals surface area contributed by atoms with Crippen LogP contribution in [-0.2, 0) is 19.6 Å². The molecular weight excluding hydrogens is 396 g/mol. The Morgan fingerprint density at radius 3 is 2.34 bits per heavy atom. The summed E-state index contributed by atoms with van der Waals surface area (Å²) in [5, 5.41) is 2.89. The van der Waals surface area contributed by atoms with E-state index in [0.717, 1.165) is 38.5 Å². The molecule has 9 heteroatoms. The average Bonchev–Trinajstić information content (AvgIpc) is 3.50. The summed E-state index contributed by atoms with van der Waals surface area (Å²) in [5.41, 5.74) is 0.0428. The molecule has 8 nitrogen and oxygen atoms in total. The van der Waals surface area contributed by atoms with Crippen molar-refractivity contribution in [1.29, 1.82) is 0 Å². The van der Waals surface area contributed by atoms with Gasteiger partial charge >= 0.3 is 5.97 Å². The van der Waals surface area contributed by atoms with Crippen LogP contribution >= 0.6 is 0 Å². The van der Waals surface area contributed by atoms with E-state index in [-0.39, 0.29) is 34.2 Å². The lowest BCUT2D eigenvalue weighted by molar-refractivity contribution is -0.125. The van der Waals surface area contributed by atoms with Crippen molar-refractivity contribution in [3.8, 4) is 5.75 Å². The van der Waals surface area contributed by atoms with Gasteiger partial charge in [0.25, 0.3) is 5.91 Å². The van der Waals surface area contributed by atoms with Crippen molar-refractivity contribution >= 4 is 21.9 Å². The Morgan fingerprint density at radius 2 is 1.72 bits per heavy atom. The molecule has 1 amide bonds. The van der Waals surface area contributed by atoms with Crippen molar-refractivity contribution in [1.82, 2.24) is 10.0 Å². The van der Waals surface area contributed by atoms with Crippen LogP contribution in [-0.4, -0.2) is 46.1 Å². The number of benzene rings is 1. The van der Waals surface area contributed by atoms with E-state index < -0.39 is 22.6 Å². The fourth-order valence-electron chi connectivity index (χ4n) is 3.39. The molecule has 0 bridgehead atoms. The number of esters is 1. The summed E-state index contributed by atoms with van der Waals surface area (Å²) < 4.78 is 37.8. The zero-order valence-electron chi connectivity index (χ0n) is 16.8. The van der Waals surface area contributed by atoms with Crippen LogP contribution in [0.1, 0.15) is 55.8 Å². The lowest BCUT2D eigenvalue weighted by atomic mass is 9.87. The third kappa shape index (κ3) is 5.93. The highest BCUT2D eigenvalue weighted by Crippen LogP contribution is 2.28. The summed E-state index contributed by atoms with van der Waals surface area (Å²) in [5.74, 6) is -0.299. The second-order valence-corrected chi connectivity index (χ2v) is 9.54. The maximum Gasteiger partial charge on any atom is 0.338 e. The molecule has 2 aliphatic rings. The van der Waals surface area contributed by atoms with Gasteiger partial charge in [-0.1, -0.05) is 6.92 Å². The first kappa shape index (κ1) is 21.6. The Balaban J connectivity index is 1.60. The molecule has 160 valence electrons. The topological polar surface area (TPSA) is 111 Å². The number of hydrogen-bond donors (Lipinski definition) is 2. The van der Waals surface area contributed by atoms with E-state index >= 15 is 0 Å². The number of sulfonamides is 1. The van der Waals surface area contributed by atoms with Gasteiger partial charge in [0.2, 0.25) is 10.0 Å². The molecule has 0 radical (unpaired) electrons. The van der Waals surface area contributed by atoms with E-state index in [1.807, 2.05) is 0 Å². The maximum absolute atomic E-state index is 12.5. The molecule has 3 rings (SSSR count). The van der Waals surface area contributed by atoms with E-state index in [4.69, 9.17) is 9.47 Å². The standard InChI is InChI=1S/C20H28N2O6S/c1-13-3-6-15(7-4-13)21-19(23)12-28-20(24)14-5-10-17(27-2)18(11-14)29(25,26)22-16-8-9-16/h5,10-11,13,15-16,22H,3-4,6-9,12H2,1-2H3,(H,21,23). The van der Waals surface area contributed by atoms with Crippen molar-refractivity contribution in [2.24, 2.45) is 5.92 Å². The highest BCUT2D eigenvalue weighted by atomic mass is 32.2. The summed E-state index contributed by atoms with van der Waals surface area (Å²) >= 11 is 0. The van der Waals surface area contributed by atoms with E-state index in [1.165, 1.54) is 25.3 Å². The van der Waals surface area contributed by atoms with E-state index in [2.05, 4.69) is 17.0 Å². The van der Waals surface area contributed by atoms with Crippen molar-refractivity contribution in [3.63, 3.8) is 0 Å². The number of nitrogens with one attached hydrogen (secondary N) is 2. The van der Waals surface area contributed by atoms with Crippen LogP contribution < -0.4 is 14.8 Å². The molecule has 0 saturated heterocycles. The SMILES string of the molecule is COc1ccc(C(=O)OCC(=O)NC2CCC(C)CC2)cc1S(=O)(=O)NC1CC1. The third-order valence-electron chi connectivity index (χ3n) is 5.30. The van der Waals surface area contributed by atoms with Gasteiger partial charge in [-0.25, -0.2) is 17.9 Å². The van der Waals surface area contributed by atoms with Crippen LogP contribution in [0.3, 0.4) is 0 Å². The molecule has 2 N–H and O–H groups in total. The number of carbonyl (C=O) groups excluding carboxylic acids is 2.